The highest BCUT2D eigenvalue weighted by molar-refractivity contribution is 6.06. The third-order valence-electron chi connectivity index (χ3n) is 7.51. The van der Waals surface area contributed by atoms with Crippen LogP contribution in [0.3, 0.4) is 0 Å². The molecule has 0 spiro atoms. The Morgan fingerprint density at radius 1 is 0.952 bits per heavy atom. The van der Waals surface area contributed by atoms with Crippen LogP contribution in [0, 0.1) is 17.6 Å². The summed E-state index contributed by atoms with van der Waals surface area (Å²) in [5.41, 5.74) is 2.46. The Morgan fingerprint density at radius 2 is 1.67 bits per heavy atom. The monoisotopic (exact) mass is 577 g/mol. The van der Waals surface area contributed by atoms with Crippen LogP contribution >= 0.6 is 0 Å². The Labute approximate surface area is 247 Å². The van der Waals surface area contributed by atoms with Crippen molar-refractivity contribution in [3.05, 3.63) is 89.8 Å². The number of carbonyl (C=O) groups is 2. The summed E-state index contributed by atoms with van der Waals surface area (Å²) in [5.74, 6) is -0.509. The SMILES string of the molecule is CC(C)CN1CCCN(C(=O)CCN(C)c2ccc(F)cc2)Cc2cc(F)ccc2N(C(=O)c2cccnc2)CCC1. The van der Waals surface area contributed by atoms with E-state index in [9.17, 15) is 18.4 Å². The van der Waals surface area contributed by atoms with Crippen molar-refractivity contribution in [3.8, 4) is 0 Å². The lowest BCUT2D eigenvalue weighted by Gasteiger charge is -2.32. The molecule has 2 heterocycles. The third kappa shape index (κ3) is 8.58. The van der Waals surface area contributed by atoms with Crippen molar-refractivity contribution in [2.75, 3.05) is 56.1 Å². The van der Waals surface area contributed by atoms with Crippen LogP contribution in [0.4, 0.5) is 20.2 Å². The number of aromatic nitrogens is 1. The molecule has 2 amide bonds. The van der Waals surface area contributed by atoms with Gasteiger partial charge in [-0.25, -0.2) is 8.78 Å². The summed E-state index contributed by atoms with van der Waals surface area (Å²) in [7, 11) is 1.87. The lowest BCUT2D eigenvalue weighted by molar-refractivity contribution is -0.131. The van der Waals surface area contributed by atoms with E-state index in [-0.39, 0.29) is 30.6 Å². The third-order valence-corrected chi connectivity index (χ3v) is 7.51. The number of rotatable bonds is 7. The summed E-state index contributed by atoms with van der Waals surface area (Å²) in [6.45, 7) is 8.53. The van der Waals surface area contributed by atoms with Gasteiger partial charge >= 0.3 is 0 Å². The first-order valence-corrected chi connectivity index (χ1v) is 14.7. The minimum absolute atomic E-state index is 0.0585. The van der Waals surface area contributed by atoms with E-state index in [1.807, 2.05) is 11.9 Å². The maximum Gasteiger partial charge on any atom is 0.259 e. The van der Waals surface area contributed by atoms with Gasteiger partial charge in [-0.2, -0.15) is 0 Å². The largest absolute Gasteiger partial charge is 0.374 e. The molecule has 0 saturated carbocycles. The Hall–Kier alpha value is -3.85. The summed E-state index contributed by atoms with van der Waals surface area (Å²) >= 11 is 0. The quantitative estimate of drug-likeness (QED) is 0.365. The number of halogens is 2. The van der Waals surface area contributed by atoms with Crippen LogP contribution in [0.1, 0.15) is 49.0 Å². The van der Waals surface area contributed by atoms with Crippen LogP contribution in [-0.4, -0.2) is 72.9 Å². The van der Waals surface area contributed by atoms with Gasteiger partial charge in [0.25, 0.3) is 5.91 Å². The molecule has 0 radical (unpaired) electrons. The van der Waals surface area contributed by atoms with Gasteiger partial charge in [0.15, 0.2) is 0 Å². The zero-order valence-corrected chi connectivity index (χ0v) is 24.8. The molecule has 2 aromatic carbocycles. The van der Waals surface area contributed by atoms with Crippen molar-refractivity contribution in [2.24, 2.45) is 5.92 Å². The fourth-order valence-corrected chi connectivity index (χ4v) is 5.41. The number of carbonyl (C=O) groups excluding carboxylic acids is 2. The van der Waals surface area contributed by atoms with Gasteiger partial charge in [0.05, 0.1) is 5.56 Å². The molecule has 0 unspecified atom stereocenters. The maximum absolute atomic E-state index is 14.6. The highest BCUT2D eigenvalue weighted by Gasteiger charge is 2.25. The number of hydrogen-bond donors (Lipinski definition) is 0. The lowest BCUT2D eigenvalue weighted by atomic mass is 10.1. The van der Waals surface area contributed by atoms with E-state index in [0.717, 1.165) is 38.2 Å². The van der Waals surface area contributed by atoms with E-state index in [4.69, 9.17) is 0 Å². The molecule has 1 aliphatic rings. The van der Waals surface area contributed by atoms with Gasteiger partial charge in [0, 0.05) is 70.0 Å². The van der Waals surface area contributed by atoms with Gasteiger partial charge in [0.2, 0.25) is 5.91 Å². The molecule has 4 rings (SSSR count). The molecule has 7 nitrogen and oxygen atoms in total. The molecule has 0 N–H and O–H groups in total. The number of amides is 2. The summed E-state index contributed by atoms with van der Waals surface area (Å²) in [5, 5.41) is 0. The van der Waals surface area contributed by atoms with E-state index in [2.05, 4.69) is 23.7 Å². The Kier molecular flexibility index (Phi) is 11.0. The number of hydrogen-bond acceptors (Lipinski definition) is 5. The normalized spacial score (nSPS) is 15.1. The zero-order valence-electron chi connectivity index (χ0n) is 24.8. The summed E-state index contributed by atoms with van der Waals surface area (Å²) < 4.78 is 28.0. The minimum Gasteiger partial charge on any atom is -0.374 e. The van der Waals surface area contributed by atoms with Gasteiger partial charge < -0.3 is 19.6 Å². The van der Waals surface area contributed by atoms with E-state index in [1.54, 1.807) is 52.5 Å². The molecule has 0 bridgehead atoms. The average Bonchev–Trinajstić information content (AvgIpc) is 2.97. The van der Waals surface area contributed by atoms with Crippen LogP contribution in [0.5, 0.6) is 0 Å². The second-order valence-corrected chi connectivity index (χ2v) is 11.3. The van der Waals surface area contributed by atoms with Crippen molar-refractivity contribution in [2.45, 2.75) is 39.7 Å². The molecule has 1 aromatic heterocycles. The Morgan fingerprint density at radius 3 is 2.36 bits per heavy atom. The van der Waals surface area contributed by atoms with Crippen LogP contribution < -0.4 is 9.80 Å². The second-order valence-electron chi connectivity index (χ2n) is 11.3. The van der Waals surface area contributed by atoms with Crippen LogP contribution in [0.2, 0.25) is 0 Å². The standard InChI is InChI=1S/C33H41F2N5O2/c1-25(2)23-38-16-5-18-39(32(41)14-20-37(3)30-11-8-28(34)9-12-30)24-27-21-29(35)10-13-31(27)40(19-6-17-38)33(42)26-7-4-15-36-22-26/h4,7-13,15,21-22,25H,5-6,14,16-20,23-24H2,1-3H3. The van der Waals surface area contributed by atoms with Crippen LogP contribution in [0.15, 0.2) is 67.0 Å². The van der Waals surface area contributed by atoms with Gasteiger partial charge in [0.1, 0.15) is 11.6 Å². The first-order chi connectivity index (χ1) is 20.2. The van der Waals surface area contributed by atoms with Crippen molar-refractivity contribution in [1.29, 1.82) is 0 Å². The first kappa shape index (κ1) is 31.1. The van der Waals surface area contributed by atoms with Gasteiger partial charge in [-0.3, -0.25) is 14.6 Å². The van der Waals surface area contributed by atoms with Crippen molar-refractivity contribution in [1.82, 2.24) is 14.8 Å². The van der Waals surface area contributed by atoms with Crippen molar-refractivity contribution < 1.29 is 18.4 Å². The number of anilines is 2. The van der Waals surface area contributed by atoms with Crippen LogP contribution in [-0.2, 0) is 11.3 Å². The van der Waals surface area contributed by atoms with Gasteiger partial charge in [-0.05, 0) is 92.0 Å². The smallest absolute Gasteiger partial charge is 0.259 e. The summed E-state index contributed by atoms with van der Waals surface area (Å²) in [6.07, 6.45) is 4.95. The molecule has 0 fully saturated rings. The number of fused-ring (bicyclic) bond motifs is 1. The number of benzene rings is 2. The molecule has 9 heteroatoms. The molecule has 0 atom stereocenters. The summed E-state index contributed by atoms with van der Waals surface area (Å²) in [6, 6.07) is 14.1. The Balaban J connectivity index is 1.62. The van der Waals surface area contributed by atoms with E-state index >= 15 is 0 Å². The van der Waals surface area contributed by atoms with Gasteiger partial charge in [-0.15, -0.1) is 0 Å². The predicted molar refractivity (Wildman–Crippen MR) is 163 cm³/mol. The first-order valence-electron chi connectivity index (χ1n) is 14.7. The second kappa shape index (κ2) is 14.9. The van der Waals surface area contributed by atoms with Crippen molar-refractivity contribution in [3.63, 3.8) is 0 Å². The maximum atomic E-state index is 14.6. The van der Waals surface area contributed by atoms with E-state index < -0.39 is 5.82 Å². The fourth-order valence-electron chi connectivity index (χ4n) is 5.41. The van der Waals surface area contributed by atoms with Crippen LogP contribution in [0.25, 0.3) is 0 Å². The average molecular weight is 578 g/mol. The molecule has 3 aromatic rings. The molecule has 0 saturated heterocycles. The van der Waals surface area contributed by atoms with E-state index in [1.165, 1.54) is 24.3 Å². The topological polar surface area (TPSA) is 60.0 Å². The fraction of sp³-hybridized carbons (Fsp3) is 0.424. The molecule has 0 aliphatic carbocycles. The Bertz CT molecular complexity index is 1320. The van der Waals surface area contributed by atoms with E-state index in [0.29, 0.717) is 42.4 Å². The number of pyridine rings is 1. The highest BCUT2D eigenvalue weighted by atomic mass is 19.1. The minimum atomic E-state index is -0.416. The molecule has 1 aliphatic heterocycles. The van der Waals surface area contributed by atoms with Crippen molar-refractivity contribution >= 4 is 23.2 Å². The highest BCUT2D eigenvalue weighted by Crippen LogP contribution is 2.27. The molecule has 224 valence electrons. The lowest BCUT2D eigenvalue weighted by Crippen LogP contribution is -2.40. The predicted octanol–water partition coefficient (Wildman–Crippen LogP) is 5.61. The molecular formula is C33H41F2N5O2. The number of nitrogens with zero attached hydrogens (tertiary/aromatic N) is 5. The summed E-state index contributed by atoms with van der Waals surface area (Å²) in [4.78, 5) is 39.3. The molecular weight excluding hydrogens is 536 g/mol. The molecule has 42 heavy (non-hydrogen) atoms. The van der Waals surface area contributed by atoms with Gasteiger partial charge in [-0.1, -0.05) is 13.8 Å². The zero-order chi connectivity index (χ0) is 30.1.